The van der Waals surface area contributed by atoms with Crippen LogP contribution in [0.15, 0.2) is 30.3 Å². The Kier molecular flexibility index (Phi) is 7.39. The monoisotopic (exact) mass is 333 g/mol. The highest BCUT2D eigenvalue weighted by molar-refractivity contribution is 5.78. The number of carbonyl (C=O) groups excluding carboxylic acids is 2. The van der Waals surface area contributed by atoms with Crippen molar-refractivity contribution in [3.05, 3.63) is 30.3 Å². The van der Waals surface area contributed by atoms with Gasteiger partial charge in [-0.25, -0.2) is 4.79 Å². The Balaban J connectivity index is 1.51. The number of hydrogen-bond donors (Lipinski definition) is 1. The minimum atomic E-state index is -0.0811. The van der Waals surface area contributed by atoms with Crippen LogP contribution >= 0.6 is 0 Å². The third-order valence-corrected chi connectivity index (χ3v) is 4.05. The number of benzene rings is 1. The number of ether oxygens (including phenoxy) is 1. The third-order valence-electron chi connectivity index (χ3n) is 4.05. The summed E-state index contributed by atoms with van der Waals surface area (Å²) in [6.45, 7) is 3.40. The quantitative estimate of drug-likeness (QED) is 0.704. The number of urea groups is 1. The van der Waals surface area contributed by atoms with E-state index in [0.29, 0.717) is 26.1 Å². The summed E-state index contributed by atoms with van der Waals surface area (Å²) in [5.41, 5.74) is 0. The molecule has 6 nitrogen and oxygen atoms in total. The fourth-order valence-corrected chi connectivity index (χ4v) is 2.65. The maximum atomic E-state index is 12.0. The predicted octanol–water partition coefficient (Wildman–Crippen LogP) is 2.11. The van der Waals surface area contributed by atoms with E-state index in [4.69, 9.17) is 4.74 Å². The van der Waals surface area contributed by atoms with E-state index in [0.717, 1.165) is 38.1 Å². The smallest absolute Gasteiger partial charge is 0.317 e. The van der Waals surface area contributed by atoms with E-state index in [1.165, 1.54) is 0 Å². The third kappa shape index (κ3) is 6.10. The molecular weight excluding hydrogens is 306 g/mol. The van der Waals surface area contributed by atoms with Crippen molar-refractivity contribution in [3.8, 4) is 5.75 Å². The van der Waals surface area contributed by atoms with Crippen LogP contribution in [0, 0.1) is 0 Å². The first-order valence-electron chi connectivity index (χ1n) is 8.61. The number of carbonyl (C=O) groups is 2. The highest BCUT2D eigenvalue weighted by atomic mass is 16.5. The van der Waals surface area contributed by atoms with Gasteiger partial charge in [-0.15, -0.1) is 0 Å². The van der Waals surface area contributed by atoms with Gasteiger partial charge >= 0.3 is 6.03 Å². The molecule has 1 aromatic rings. The van der Waals surface area contributed by atoms with Crippen LogP contribution in [0.5, 0.6) is 5.75 Å². The molecule has 0 aliphatic carbocycles. The van der Waals surface area contributed by atoms with E-state index in [1.807, 2.05) is 35.2 Å². The minimum absolute atomic E-state index is 0.0811. The molecule has 0 aromatic heterocycles. The van der Waals surface area contributed by atoms with Crippen molar-refractivity contribution in [1.29, 1.82) is 0 Å². The van der Waals surface area contributed by atoms with Gasteiger partial charge in [0.05, 0.1) is 6.61 Å². The molecule has 1 aromatic carbocycles. The zero-order valence-corrected chi connectivity index (χ0v) is 14.4. The molecule has 0 radical (unpaired) electrons. The van der Waals surface area contributed by atoms with Gasteiger partial charge in [-0.05, 0) is 31.4 Å². The van der Waals surface area contributed by atoms with Crippen LogP contribution in [0.3, 0.4) is 0 Å². The van der Waals surface area contributed by atoms with E-state index >= 15 is 0 Å². The normalized spacial score (nSPS) is 13.9. The summed E-state index contributed by atoms with van der Waals surface area (Å²) in [6, 6.07) is 9.57. The second-order valence-corrected chi connectivity index (χ2v) is 6.01. The van der Waals surface area contributed by atoms with Crippen LogP contribution in [0.2, 0.25) is 0 Å². The second kappa shape index (κ2) is 9.80. The van der Waals surface area contributed by atoms with Gasteiger partial charge in [0, 0.05) is 39.6 Å². The first kappa shape index (κ1) is 18.1. The molecule has 1 heterocycles. The minimum Gasteiger partial charge on any atom is -0.494 e. The van der Waals surface area contributed by atoms with Crippen molar-refractivity contribution < 1.29 is 14.3 Å². The Morgan fingerprint density at radius 2 is 2.08 bits per heavy atom. The molecule has 132 valence electrons. The van der Waals surface area contributed by atoms with Crippen LogP contribution in [0.4, 0.5) is 4.79 Å². The second-order valence-electron chi connectivity index (χ2n) is 6.01. The van der Waals surface area contributed by atoms with Crippen LogP contribution in [-0.4, -0.2) is 61.6 Å². The fourth-order valence-electron chi connectivity index (χ4n) is 2.65. The molecule has 1 aliphatic heterocycles. The van der Waals surface area contributed by atoms with E-state index in [1.54, 1.807) is 11.9 Å². The van der Waals surface area contributed by atoms with E-state index in [2.05, 4.69) is 5.32 Å². The first-order chi connectivity index (χ1) is 11.7. The lowest BCUT2D eigenvalue weighted by molar-refractivity contribution is -0.127. The molecular formula is C18H27N3O3. The summed E-state index contributed by atoms with van der Waals surface area (Å²) in [5, 5.41) is 2.89. The van der Waals surface area contributed by atoms with Gasteiger partial charge in [0.1, 0.15) is 5.75 Å². The van der Waals surface area contributed by atoms with Crippen molar-refractivity contribution in [3.63, 3.8) is 0 Å². The average Bonchev–Trinajstić information content (AvgIpc) is 3.01. The maximum Gasteiger partial charge on any atom is 0.317 e. The van der Waals surface area contributed by atoms with Crippen LogP contribution in [0.1, 0.15) is 25.7 Å². The van der Waals surface area contributed by atoms with Crippen molar-refractivity contribution in [1.82, 2.24) is 15.1 Å². The van der Waals surface area contributed by atoms with Gasteiger partial charge in [-0.3, -0.25) is 4.79 Å². The molecule has 0 saturated carbocycles. The Bertz CT molecular complexity index is 522. The highest BCUT2D eigenvalue weighted by Crippen LogP contribution is 2.09. The van der Waals surface area contributed by atoms with Crippen molar-refractivity contribution in [2.75, 3.05) is 39.8 Å². The van der Waals surface area contributed by atoms with Crippen molar-refractivity contribution in [2.24, 2.45) is 0 Å². The Morgan fingerprint density at radius 1 is 1.29 bits per heavy atom. The molecule has 0 bridgehead atoms. The van der Waals surface area contributed by atoms with Crippen LogP contribution in [-0.2, 0) is 4.79 Å². The molecule has 1 N–H and O–H groups in total. The summed E-state index contributed by atoms with van der Waals surface area (Å²) in [5.74, 6) is 1.08. The SMILES string of the molecule is CN(CCCOc1ccccc1)C(=O)NCCCN1CCCC1=O. The molecule has 0 spiro atoms. The predicted molar refractivity (Wildman–Crippen MR) is 93.0 cm³/mol. The summed E-state index contributed by atoms with van der Waals surface area (Å²) in [4.78, 5) is 27.0. The lowest BCUT2D eigenvalue weighted by Gasteiger charge is -2.19. The zero-order valence-electron chi connectivity index (χ0n) is 14.4. The van der Waals surface area contributed by atoms with Gasteiger partial charge < -0.3 is 19.9 Å². The van der Waals surface area contributed by atoms with Gasteiger partial charge in [0.25, 0.3) is 0 Å². The number of likely N-dealkylation sites (tertiary alicyclic amines) is 1. The molecule has 0 unspecified atom stereocenters. The molecule has 2 rings (SSSR count). The lowest BCUT2D eigenvalue weighted by Crippen LogP contribution is -2.39. The molecule has 1 aliphatic rings. The fraction of sp³-hybridized carbons (Fsp3) is 0.556. The van der Waals surface area contributed by atoms with Crippen molar-refractivity contribution >= 4 is 11.9 Å². The molecule has 6 heteroatoms. The lowest BCUT2D eigenvalue weighted by atomic mass is 10.3. The molecule has 3 amide bonds. The van der Waals surface area contributed by atoms with Gasteiger partial charge in [-0.2, -0.15) is 0 Å². The highest BCUT2D eigenvalue weighted by Gasteiger charge is 2.19. The van der Waals surface area contributed by atoms with E-state index in [9.17, 15) is 9.59 Å². The maximum absolute atomic E-state index is 12.0. The topological polar surface area (TPSA) is 61.9 Å². The number of nitrogens with zero attached hydrogens (tertiary/aromatic N) is 2. The number of rotatable bonds is 9. The molecule has 0 atom stereocenters. The summed E-state index contributed by atoms with van der Waals surface area (Å²) in [7, 11) is 1.78. The van der Waals surface area contributed by atoms with Gasteiger partial charge in [-0.1, -0.05) is 18.2 Å². The Morgan fingerprint density at radius 3 is 2.79 bits per heavy atom. The number of amides is 3. The standard InChI is InChI=1S/C18H27N3O3/c1-20(12-7-15-24-16-8-3-2-4-9-16)18(23)19-11-6-14-21-13-5-10-17(21)22/h2-4,8-9H,5-7,10-15H2,1H3,(H,19,23). The largest absolute Gasteiger partial charge is 0.494 e. The number of para-hydroxylation sites is 1. The molecule has 1 fully saturated rings. The van der Waals surface area contributed by atoms with Crippen molar-refractivity contribution in [2.45, 2.75) is 25.7 Å². The molecule has 1 saturated heterocycles. The van der Waals surface area contributed by atoms with E-state index in [-0.39, 0.29) is 11.9 Å². The van der Waals surface area contributed by atoms with E-state index < -0.39 is 0 Å². The van der Waals surface area contributed by atoms with Gasteiger partial charge in [0.15, 0.2) is 0 Å². The summed E-state index contributed by atoms with van der Waals surface area (Å²) in [6.07, 6.45) is 3.20. The summed E-state index contributed by atoms with van der Waals surface area (Å²) >= 11 is 0. The Hall–Kier alpha value is -2.24. The zero-order chi connectivity index (χ0) is 17.2. The first-order valence-corrected chi connectivity index (χ1v) is 8.61. The number of hydrogen-bond acceptors (Lipinski definition) is 3. The summed E-state index contributed by atoms with van der Waals surface area (Å²) < 4.78 is 5.61. The van der Waals surface area contributed by atoms with Crippen LogP contribution in [0.25, 0.3) is 0 Å². The molecule has 24 heavy (non-hydrogen) atoms. The average molecular weight is 333 g/mol. The Labute approximate surface area is 143 Å². The van der Waals surface area contributed by atoms with Crippen LogP contribution < -0.4 is 10.1 Å². The van der Waals surface area contributed by atoms with Gasteiger partial charge in [0.2, 0.25) is 5.91 Å². The number of nitrogens with one attached hydrogen (secondary N) is 1.